The molecule has 0 aliphatic heterocycles. The number of hydrogen-bond donors (Lipinski definition) is 3. The van der Waals surface area contributed by atoms with Crippen LogP contribution in [-0.4, -0.2) is 36.2 Å². The summed E-state index contributed by atoms with van der Waals surface area (Å²) in [5.41, 5.74) is 0. The molecule has 1 amide bonds. The van der Waals surface area contributed by atoms with Gasteiger partial charge >= 0.3 is 0 Å². The Morgan fingerprint density at radius 3 is 2.76 bits per heavy atom. The largest absolute Gasteiger partial charge is 0.396 e. The van der Waals surface area contributed by atoms with Crippen molar-refractivity contribution in [1.82, 2.24) is 10.6 Å². The second-order valence-corrected chi connectivity index (χ2v) is 5.06. The standard InChI is InChI=1S/C13H26N2O2/c1-3-14-10(2)8-13(17)15-12-7-5-4-6-11(12)9-16/h10-12,14,16H,3-9H2,1-2H3,(H,15,17). The first kappa shape index (κ1) is 14.5. The molecule has 0 aromatic rings. The zero-order valence-corrected chi connectivity index (χ0v) is 11.0. The molecule has 1 saturated carbocycles. The van der Waals surface area contributed by atoms with Crippen molar-refractivity contribution in [2.24, 2.45) is 5.92 Å². The minimum absolute atomic E-state index is 0.101. The highest BCUT2D eigenvalue weighted by Crippen LogP contribution is 2.23. The Kier molecular flexibility index (Phi) is 6.52. The Hall–Kier alpha value is -0.610. The topological polar surface area (TPSA) is 61.4 Å². The number of aliphatic hydroxyl groups is 1. The molecule has 1 aliphatic rings. The summed E-state index contributed by atoms with van der Waals surface area (Å²) < 4.78 is 0. The van der Waals surface area contributed by atoms with Crippen LogP contribution >= 0.6 is 0 Å². The third-order valence-electron chi connectivity index (χ3n) is 3.53. The van der Waals surface area contributed by atoms with E-state index in [4.69, 9.17) is 0 Å². The quantitative estimate of drug-likeness (QED) is 0.652. The number of nitrogens with one attached hydrogen (secondary N) is 2. The zero-order valence-electron chi connectivity index (χ0n) is 11.0. The van der Waals surface area contributed by atoms with Crippen LogP contribution in [0.5, 0.6) is 0 Å². The van der Waals surface area contributed by atoms with Crippen LogP contribution in [0.25, 0.3) is 0 Å². The predicted molar refractivity (Wildman–Crippen MR) is 68.7 cm³/mol. The summed E-state index contributed by atoms with van der Waals surface area (Å²) >= 11 is 0. The van der Waals surface area contributed by atoms with Gasteiger partial charge in [-0.25, -0.2) is 0 Å². The van der Waals surface area contributed by atoms with Gasteiger partial charge < -0.3 is 15.7 Å². The van der Waals surface area contributed by atoms with Crippen molar-refractivity contribution in [2.75, 3.05) is 13.2 Å². The van der Waals surface area contributed by atoms with Crippen LogP contribution < -0.4 is 10.6 Å². The van der Waals surface area contributed by atoms with Crippen LogP contribution in [0.4, 0.5) is 0 Å². The van der Waals surface area contributed by atoms with E-state index in [1.807, 2.05) is 13.8 Å². The molecule has 1 fully saturated rings. The number of carbonyl (C=O) groups is 1. The van der Waals surface area contributed by atoms with Crippen LogP contribution in [0.15, 0.2) is 0 Å². The molecule has 0 aromatic carbocycles. The first-order valence-electron chi connectivity index (χ1n) is 6.81. The first-order valence-corrected chi connectivity index (χ1v) is 6.81. The summed E-state index contributed by atoms with van der Waals surface area (Å²) in [6.07, 6.45) is 4.88. The van der Waals surface area contributed by atoms with Gasteiger partial charge in [-0.15, -0.1) is 0 Å². The lowest BCUT2D eigenvalue weighted by Crippen LogP contribution is -2.45. The third-order valence-corrected chi connectivity index (χ3v) is 3.53. The van der Waals surface area contributed by atoms with E-state index in [2.05, 4.69) is 10.6 Å². The average Bonchev–Trinajstić information content (AvgIpc) is 2.29. The van der Waals surface area contributed by atoms with Crippen LogP contribution in [0.1, 0.15) is 46.0 Å². The van der Waals surface area contributed by atoms with Gasteiger partial charge in [0, 0.05) is 31.0 Å². The normalized spacial score (nSPS) is 26.5. The van der Waals surface area contributed by atoms with Gasteiger partial charge in [-0.1, -0.05) is 19.8 Å². The van der Waals surface area contributed by atoms with Crippen LogP contribution in [0.2, 0.25) is 0 Å². The molecule has 4 heteroatoms. The van der Waals surface area contributed by atoms with E-state index < -0.39 is 0 Å². The van der Waals surface area contributed by atoms with Gasteiger partial charge in [0.1, 0.15) is 0 Å². The minimum atomic E-state index is 0.101. The van der Waals surface area contributed by atoms with Gasteiger partial charge in [0.15, 0.2) is 0 Å². The number of amides is 1. The lowest BCUT2D eigenvalue weighted by Gasteiger charge is -2.31. The monoisotopic (exact) mass is 242 g/mol. The van der Waals surface area contributed by atoms with Gasteiger partial charge in [-0.3, -0.25) is 4.79 Å². The maximum Gasteiger partial charge on any atom is 0.221 e. The van der Waals surface area contributed by atoms with E-state index in [0.29, 0.717) is 6.42 Å². The molecule has 0 heterocycles. The lowest BCUT2D eigenvalue weighted by atomic mass is 9.85. The maximum absolute atomic E-state index is 11.8. The second-order valence-electron chi connectivity index (χ2n) is 5.06. The average molecular weight is 242 g/mol. The molecule has 1 rings (SSSR count). The Morgan fingerprint density at radius 2 is 2.12 bits per heavy atom. The summed E-state index contributed by atoms with van der Waals surface area (Å²) in [5, 5.41) is 15.6. The van der Waals surface area contributed by atoms with Crippen molar-refractivity contribution >= 4 is 5.91 Å². The van der Waals surface area contributed by atoms with Crippen molar-refractivity contribution in [2.45, 2.75) is 58.0 Å². The van der Waals surface area contributed by atoms with Gasteiger partial charge in [0.05, 0.1) is 0 Å². The van der Waals surface area contributed by atoms with Crippen LogP contribution in [0, 0.1) is 5.92 Å². The molecule has 4 nitrogen and oxygen atoms in total. The Bertz CT molecular complexity index is 233. The summed E-state index contributed by atoms with van der Waals surface area (Å²) in [7, 11) is 0. The molecule has 0 radical (unpaired) electrons. The van der Waals surface area contributed by atoms with E-state index in [1.165, 1.54) is 6.42 Å². The highest BCUT2D eigenvalue weighted by molar-refractivity contribution is 5.76. The molecule has 0 spiro atoms. The molecule has 17 heavy (non-hydrogen) atoms. The number of carbonyl (C=O) groups excluding carboxylic acids is 1. The number of aliphatic hydroxyl groups excluding tert-OH is 1. The predicted octanol–water partition coefficient (Wildman–Crippen LogP) is 1.04. The first-order chi connectivity index (χ1) is 8.17. The van der Waals surface area contributed by atoms with Crippen molar-refractivity contribution in [3.63, 3.8) is 0 Å². The molecule has 0 bridgehead atoms. The Labute approximate surface area is 104 Å². The fourth-order valence-corrected chi connectivity index (χ4v) is 2.58. The van der Waals surface area contributed by atoms with E-state index >= 15 is 0 Å². The lowest BCUT2D eigenvalue weighted by molar-refractivity contribution is -0.122. The molecule has 1 aliphatic carbocycles. The fourth-order valence-electron chi connectivity index (χ4n) is 2.58. The van der Waals surface area contributed by atoms with Gasteiger partial charge in [0.25, 0.3) is 0 Å². The highest BCUT2D eigenvalue weighted by atomic mass is 16.3. The summed E-state index contributed by atoms with van der Waals surface area (Å²) in [6.45, 7) is 5.13. The smallest absolute Gasteiger partial charge is 0.221 e. The second kappa shape index (κ2) is 7.67. The Balaban J connectivity index is 2.33. The number of hydrogen-bond acceptors (Lipinski definition) is 3. The van der Waals surface area contributed by atoms with Crippen LogP contribution in [0.3, 0.4) is 0 Å². The zero-order chi connectivity index (χ0) is 12.7. The minimum Gasteiger partial charge on any atom is -0.396 e. The van der Waals surface area contributed by atoms with Crippen molar-refractivity contribution < 1.29 is 9.90 Å². The fraction of sp³-hybridized carbons (Fsp3) is 0.923. The molecule has 3 unspecified atom stereocenters. The van der Waals surface area contributed by atoms with E-state index in [0.717, 1.165) is 25.8 Å². The Morgan fingerprint density at radius 1 is 1.41 bits per heavy atom. The molecular weight excluding hydrogens is 216 g/mol. The van der Waals surface area contributed by atoms with E-state index in [9.17, 15) is 9.90 Å². The number of rotatable bonds is 6. The summed E-state index contributed by atoms with van der Waals surface area (Å²) in [6, 6.07) is 0.395. The van der Waals surface area contributed by atoms with Crippen molar-refractivity contribution in [1.29, 1.82) is 0 Å². The van der Waals surface area contributed by atoms with Gasteiger partial charge in [0.2, 0.25) is 5.91 Å². The molecule has 0 aromatic heterocycles. The van der Waals surface area contributed by atoms with Crippen molar-refractivity contribution in [3.05, 3.63) is 0 Å². The summed E-state index contributed by atoms with van der Waals surface area (Å²) in [4.78, 5) is 11.8. The maximum atomic E-state index is 11.8. The molecule has 100 valence electrons. The summed E-state index contributed by atoms with van der Waals surface area (Å²) in [5.74, 6) is 0.353. The van der Waals surface area contributed by atoms with E-state index in [1.54, 1.807) is 0 Å². The molecule has 3 atom stereocenters. The van der Waals surface area contributed by atoms with Gasteiger partial charge in [-0.05, 0) is 26.3 Å². The van der Waals surface area contributed by atoms with Crippen molar-refractivity contribution in [3.8, 4) is 0 Å². The highest BCUT2D eigenvalue weighted by Gasteiger charge is 2.25. The molecular formula is C13H26N2O2. The third kappa shape index (κ3) is 5.04. The van der Waals surface area contributed by atoms with E-state index in [-0.39, 0.29) is 30.5 Å². The molecule has 3 N–H and O–H groups in total. The SMILES string of the molecule is CCNC(C)CC(=O)NC1CCCCC1CO. The van der Waals surface area contributed by atoms with Crippen LogP contribution in [-0.2, 0) is 4.79 Å². The van der Waals surface area contributed by atoms with Gasteiger partial charge in [-0.2, -0.15) is 0 Å². The molecule has 0 saturated heterocycles.